The minimum Gasteiger partial charge on any atom is -0.497 e. The van der Waals surface area contributed by atoms with Gasteiger partial charge in [-0.05, 0) is 61.0 Å². The summed E-state index contributed by atoms with van der Waals surface area (Å²) in [4.78, 5) is 21.0. The Hall–Kier alpha value is -2.91. The number of rotatable bonds is 8. The summed E-state index contributed by atoms with van der Waals surface area (Å²) in [7, 11) is 3.32. The molecule has 39 heavy (non-hydrogen) atoms. The first kappa shape index (κ1) is 27.6. The van der Waals surface area contributed by atoms with E-state index < -0.39 is 11.4 Å². The van der Waals surface area contributed by atoms with E-state index in [-0.39, 0.29) is 5.91 Å². The van der Waals surface area contributed by atoms with Gasteiger partial charge >= 0.3 is 0 Å². The van der Waals surface area contributed by atoms with E-state index in [0.717, 1.165) is 72.5 Å². The van der Waals surface area contributed by atoms with Gasteiger partial charge in [0.1, 0.15) is 17.6 Å². The van der Waals surface area contributed by atoms with Gasteiger partial charge in [0.15, 0.2) is 0 Å². The number of aliphatic hydroxyl groups is 1. The number of thioether (sulfide) groups is 1. The zero-order chi connectivity index (χ0) is 27.4. The predicted octanol–water partition coefficient (Wildman–Crippen LogP) is 5.11. The van der Waals surface area contributed by atoms with Crippen molar-refractivity contribution in [3.05, 3.63) is 77.3 Å². The molecule has 2 aliphatic rings. The van der Waals surface area contributed by atoms with Gasteiger partial charge in [-0.25, -0.2) is 0 Å². The number of hydrogen-bond acceptors (Lipinski definition) is 7. The fourth-order valence-electron chi connectivity index (χ4n) is 5.24. The Morgan fingerprint density at radius 2 is 1.67 bits per heavy atom. The molecule has 1 fully saturated rings. The summed E-state index contributed by atoms with van der Waals surface area (Å²) in [6.07, 6.45) is -0.383. The number of fused-ring (bicyclic) bond motifs is 1. The Morgan fingerprint density at radius 3 is 2.38 bits per heavy atom. The van der Waals surface area contributed by atoms with Crippen LogP contribution in [0.15, 0.2) is 71.6 Å². The summed E-state index contributed by atoms with van der Waals surface area (Å²) in [6.45, 7) is 5.11. The lowest BCUT2D eigenvalue weighted by Crippen LogP contribution is -2.47. The lowest BCUT2D eigenvalue weighted by atomic mass is 10.1. The van der Waals surface area contributed by atoms with Crippen LogP contribution in [0.3, 0.4) is 0 Å². The number of aliphatic hydroxyl groups excluding tert-OH is 1. The van der Waals surface area contributed by atoms with Gasteiger partial charge in [0.25, 0.3) is 5.91 Å². The van der Waals surface area contributed by atoms with Crippen molar-refractivity contribution in [1.29, 1.82) is 0 Å². The number of methoxy groups -OCH3 is 2. The van der Waals surface area contributed by atoms with E-state index in [1.54, 1.807) is 25.2 Å². The number of piperazine rings is 1. The van der Waals surface area contributed by atoms with Crippen LogP contribution in [0, 0.1) is 0 Å². The van der Waals surface area contributed by atoms with Crippen molar-refractivity contribution in [2.75, 3.05) is 63.3 Å². The zero-order valence-electron chi connectivity index (χ0n) is 22.3. The number of amides is 1. The molecule has 206 valence electrons. The third-order valence-corrected chi connectivity index (χ3v) is 8.97. The number of halogens is 1. The number of nitrogens with zero attached hydrogens (tertiary/aromatic N) is 3. The summed E-state index contributed by atoms with van der Waals surface area (Å²) in [6, 6.07) is 21.2. The second-order valence-electron chi connectivity index (χ2n) is 9.71. The number of para-hydroxylation sites is 2. The van der Waals surface area contributed by atoms with Crippen LogP contribution in [0.25, 0.3) is 0 Å². The molecule has 0 unspecified atom stereocenters. The largest absolute Gasteiger partial charge is 0.497 e. The Labute approximate surface area is 239 Å². The van der Waals surface area contributed by atoms with Crippen molar-refractivity contribution in [1.82, 2.24) is 4.90 Å². The van der Waals surface area contributed by atoms with Crippen LogP contribution in [0.2, 0.25) is 5.02 Å². The molecule has 3 aromatic carbocycles. The first-order valence-electron chi connectivity index (χ1n) is 13.2. The SMILES string of the molecule is COc1ccc([C@H]2Sc3cc(Cl)ccc3N(CCCN3CCN(c4ccccc4OC)CC3)C(=O)[C@H]2O)cc1. The molecular formula is C30H34ClN3O4S. The molecule has 2 atom stereocenters. The molecular weight excluding hydrogens is 534 g/mol. The normalized spacial score (nSPS) is 19.9. The van der Waals surface area contributed by atoms with Crippen molar-refractivity contribution < 1.29 is 19.4 Å². The van der Waals surface area contributed by atoms with Crippen LogP contribution in [-0.4, -0.2) is 75.5 Å². The summed E-state index contributed by atoms with van der Waals surface area (Å²) in [5.74, 6) is 1.34. The first-order chi connectivity index (χ1) is 19.0. The lowest BCUT2D eigenvalue weighted by molar-refractivity contribution is -0.126. The Balaban J connectivity index is 1.25. The summed E-state index contributed by atoms with van der Waals surface area (Å²) >= 11 is 7.82. The van der Waals surface area contributed by atoms with Crippen LogP contribution in [-0.2, 0) is 4.79 Å². The molecule has 0 aromatic heterocycles. The molecule has 5 rings (SSSR count). The van der Waals surface area contributed by atoms with E-state index in [2.05, 4.69) is 15.9 Å². The maximum absolute atomic E-state index is 13.6. The second kappa shape index (κ2) is 12.5. The third kappa shape index (κ3) is 6.14. The van der Waals surface area contributed by atoms with Gasteiger partial charge in [-0.15, -0.1) is 11.8 Å². The van der Waals surface area contributed by atoms with Gasteiger partial charge in [0, 0.05) is 42.6 Å². The fourth-order valence-corrected chi connectivity index (χ4v) is 6.79. The van der Waals surface area contributed by atoms with Crippen LogP contribution >= 0.6 is 23.4 Å². The molecule has 2 heterocycles. The number of ether oxygens (including phenoxy) is 2. The Morgan fingerprint density at radius 1 is 0.923 bits per heavy atom. The molecule has 7 nitrogen and oxygen atoms in total. The van der Waals surface area contributed by atoms with Crippen LogP contribution in [0.4, 0.5) is 11.4 Å². The van der Waals surface area contributed by atoms with E-state index in [1.165, 1.54) is 11.8 Å². The molecule has 9 heteroatoms. The van der Waals surface area contributed by atoms with E-state index in [9.17, 15) is 9.90 Å². The molecule has 3 aromatic rings. The Kier molecular flexibility index (Phi) is 8.87. The molecule has 0 spiro atoms. The molecule has 1 saturated heterocycles. The smallest absolute Gasteiger partial charge is 0.257 e. The molecule has 1 N–H and O–H groups in total. The summed E-state index contributed by atoms with van der Waals surface area (Å²) < 4.78 is 10.8. The van der Waals surface area contributed by atoms with Crippen molar-refractivity contribution in [3.63, 3.8) is 0 Å². The van der Waals surface area contributed by atoms with Gasteiger partial charge in [-0.2, -0.15) is 0 Å². The van der Waals surface area contributed by atoms with Gasteiger partial charge in [0.2, 0.25) is 0 Å². The molecule has 0 saturated carbocycles. The fraction of sp³-hybridized carbons (Fsp3) is 0.367. The van der Waals surface area contributed by atoms with Crippen LogP contribution < -0.4 is 19.3 Å². The van der Waals surface area contributed by atoms with Crippen LogP contribution in [0.5, 0.6) is 11.5 Å². The van der Waals surface area contributed by atoms with Crippen molar-refractivity contribution in [3.8, 4) is 11.5 Å². The topological polar surface area (TPSA) is 65.5 Å². The minimum atomic E-state index is -1.18. The quantitative estimate of drug-likeness (QED) is 0.406. The highest BCUT2D eigenvalue weighted by atomic mass is 35.5. The monoisotopic (exact) mass is 567 g/mol. The average Bonchev–Trinajstić information content (AvgIpc) is 3.07. The highest BCUT2D eigenvalue weighted by Gasteiger charge is 2.37. The second-order valence-corrected chi connectivity index (χ2v) is 11.3. The molecule has 0 bridgehead atoms. The molecule has 0 aliphatic carbocycles. The van der Waals surface area contributed by atoms with Crippen molar-refractivity contribution in [2.45, 2.75) is 22.7 Å². The van der Waals surface area contributed by atoms with E-state index in [1.807, 2.05) is 54.6 Å². The lowest BCUT2D eigenvalue weighted by Gasteiger charge is -2.37. The summed E-state index contributed by atoms with van der Waals surface area (Å²) in [5, 5.41) is 11.4. The molecule has 2 aliphatic heterocycles. The standard InChI is InChI=1S/C30H34ClN3O4S/c1-37-23-11-8-21(9-12-23)29-28(35)30(36)34(25-13-10-22(31)20-27(25)39-29)15-5-14-32-16-18-33(19-17-32)24-6-3-4-7-26(24)38-2/h3-4,6-13,20,28-29,35H,5,14-19H2,1-2H3/t28-,29+/m0/s1. The predicted molar refractivity (Wildman–Crippen MR) is 158 cm³/mol. The first-order valence-corrected chi connectivity index (χ1v) is 14.4. The average molecular weight is 568 g/mol. The highest BCUT2D eigenvalue weighted by Crippen LogP contribution is 2.46. The number of carbonyl (C=O) groups is 1. The maximum atomic E-state index is 13.6. The van der Waals surface area contributed by atoms with Crippen molar-refractivity contribution in [2.24, 2.45) is 0 Å². The Bertz CT molecular complexity index is 1280. The molecule has 1 amide bonds. The number of anilines is 2. The number of carbonyl (C=O) groups excluding carboxylic acids is 1. The van der Waals surface area contributed by atoms with E-state index >= 15 is 0 Å². The van der Waals surface area contributed by atoms with Gasteiger partial charge < -0.3 is 24.4 Å². The van der Waals surface area contributed by atoms with Gasteiger partial charge in [-0.3, -0.25) is 9.69 Å². The minimum absolute atomic E-state index is 0.287. The molecule has 0 radical (unpaired) electrons. The third-order valence-electron chi connectivity index (χ3n) is 7.37. The van der Waals surface area contributed by atoms with Gasteiger partial charge in [0.05, 0.1) is 30.8 Å². The maximum Gasteiger partial charge on any atom is 0.257 e. The summed E-state index contributed by atoms with van der Waals surface area (Å²) in [5.41, 5.74) is 2.79. The van der Waals surface area contributed by atoms with E-state index in [4.69, 9.17) is 21.1 Å². The van der Waals surface area contributed by atoms with E-state index in [0.29, 0.717) is 11.6 Å². The highest BCUT2D eigenvalue weighted by molar-refractivity contribution is 7.99. The number of benzene rings is 3. The zero-order valence-corrected chi connectivity index (χ0v) is 23.8. The van der Waals surface area contributed by atoms with Crippen molar-refractivity contribution >= 4 is 40.6 Å². The van der Waals surface area contributed by atoms with Crippen LogP contribution in [0.1, 0.15) is 17.2 Å². The van der Waals surface area contributed by atoms with Gasteiger partial charge in [-0.1, -0.05) is 35.9 Å². The number of hydrogen-bond donors (Lipinski definition) is 1.